The fourth-order valence-corrected chi connectivity index (χ4v) is 2.22. The van der Waals surface area contributed by atoms with E-state index in [9.17, 15) is 9.59 Å². The summed E-state index contributed by atoms with van der Waals surface area (Å²) >= 11 is 0. The number of para-hydroxylation sites is 1. The molecule has 0 radical (unpaired) electrons. The molecule has 0 aliphatic rings. The molecule has 0 aliphatic carbocycles. The summed E-state index contributed by atoms with van der Waals surface area (Å²) in [7, 11) is 1.53. The molecule has 1 heterocycles. The average Bonchev–Trinajstić information content (AvgIpc) is 2.54. The Labute approximate surface area is 131 Å². The van der Waals surface area contributed by atoms with Gasteiger partial charge < -0.3 is 13.9 Å². The highest BCUT2D eigenvalue weighted by molar-refractivity contribution is 5.81. The van der Waals surface area contributed by atoms with Gasteiger partial charge in [-0.05, 0) is 30.3 Å². The van der Waals surface area contributed by atoms with Crippen molar-refractivity contribution in [3.8, 4) is 23.0 Å². The van der Waals surface area contributed by atoms with Crippen LogP contribution in [0.25, 0.3) is 22.4 Å². The first-order valence-corrected chi connectivity index (χ1v) is 6.85. The van der Waals surface area contributed by atoms with Crippen LogP contribution in [0.2, 0.25) is 0 Å². The highest BCUT2D eigenvalue weighted by Crippen LogP contribution is 2.28. The molecule has 2 aromatic carbocycles. The van der Waals surface area contributed by atoms with Crippen LogP contribution in [0.1, 0.15) is 6.92 Å². The van der Waals surface area contributed by atoms with E-state index in [1.165, 1.54) is 20.1 Å². The Morgan fingerprint density at radius 1 is 1.17 bits per heavy atom. The molecule has 3 aromatic rings. The maximum absolute atomic E-state index is 12.2. The molecule has 0 atom stereocenters. The second kappa shape index (κ2) is 5.92. The van der Waals surface area contributed by atoms with Gasteiger partial charge in [-0.2, -0.15) is 0 Å². The van der Waals surface area contributed by atoms with Crippen molar-refractivity contribution >= 4 is 16.9 Å². The Morgan fingerprint density at radius 3 is 2.70 bits per heavy atom. The predicted octanol–water partition coefficient (Wildman–Crippen LogP) is 2.79. The molecule has 0 amide bonds. The molecule has 1 aromatic heterocycles. The second-order valence-electron chi connectivity index (χ2n) is 4.78. The summed E-state index contributed by atoms with van der Waals surface area (Å²) < 4.78 is 15.5. The Kier molecular flexibility index (Phi) is 3.80. The van der Waals surface area contributed by atoms with Crippen molar-refractivity contribution < 1.29 is 18.7 Å². The zero-order valence-corrected chi connectivity index (χ0v) is 12.5. The normalized spacial score (nSPS) is 10.5. The number of fused-ring (bicyclic) bond motifs is 1. The summed E-state index contributed by atoms with van der Waals surface area (Å²) in [4.78, 5) is 27.6. The monoisotopic (exact) mass is 311 g/mol. The summed E-state index contributed by atoms with van der Waals surface area (Å²) in [5.74, 6) is 0.524. The van der Waals surface area contributed by atoms with E-state index < -0.39 is 11.6 Å². The van der Waals surface area contributed by atoms with E-state index in [0.717, 1.165) is 0 Å². The first-order valence-electron chi connectivity index (χ1n) is 6.85. The lowest BCUT2D eigenvalue weighted by Crippen LogP contribution is -2.06. The summed E-state index contributed by atoms with van der Waals surface area (Å²) in [6.45, 7) is 1.29. The third-order valence-electron chi connectivity index (χ3n) is 3.20. The van der Waals surface area contributed by atoms with Gasteiger partial charge in [-0.1, -0.05) is 12.1 Å². The number of ether oxygens (including phenoxy) is 2. The van der Waals surface area contributed by atoms with Crippen LogP contribution in [0.3, 0.4) is 0 Å². The van der Waals surface area contributed by atoms with E-state index in [1.807, 2.05) is 6.07 Å². The Balaban J connectivity index is 2.15. The van der Waals surface area contributed by atoms with Crippen LogP contribution >= 0.6 is 0 Å². The molecule has 3 rings (SSSR count). The van der Waals surface area contributed by atoms with Crippen LogP contribution in [0.4, 0.5) is 0 Å². The molecule has 0 aliphatic heterocycles. The number of esters is 1. The van der Waals surface area contributed by atoms with Gasteiger partial charge in [-0.25, -0.2) is 9.78 Å². The van der Waals surface area contributed by atoms with Crippen molar-refractivity contribution in [2.24, 2.45) is 0 Å². The van der Waals surface area contributed by atoms with Crippen LogP contribution in [-0.4, -0.2) is 18.1 Å². The zero-order chi connectivity index (χ0) is 16.4. The highest BCUT2D eigenvalue weighted by atomic mass is 16.5. The van der Waals surface area contributed by atoms with Crippen LogP contribution < -0.4 is 15.1 Å². The minimum absolute atomic E-state index is 0.167. The van der Waals surface area contributed by atoms with Gasteiger partial charge in [-0.15, -0.1) is 0 Å². The molecule has 0 N–H and O–H groups in total. The zero-order valence-electron chi connectivity index (χ0n) is 12.5. The quantitative estimate of drug-likeness (QED) is 0.546. The molecule has 0 bridgehead atoms. The number of benzene rings is 2. The van der Waals surface area contributed by atoms with E-state index >= 15 is 0 Å². The smallest absolute Gasteiger partial charge is 0.347 e. The Bertz CT molecular complexity index is 945. The maximum atomic E-state index is 12.2. The first kappa shape index (κ1) is 14.8. The number of hydrogen-bond acceptors (Lipinski definition) is 6. The van der Waals surface area contributed by atoms with Gasteiger partial charge in [0.05, 0.1) is 23.6 Å². The largest absolute Gasteiger partial charge is 0.496 e. The van der Waals surface area contributed by atoms with E-state index in [0.29, 0.717) is 16.8 Å². The molecule has 6 nitrogen and oxygen atoms in total. The summed E-state index contributed by atoms with van der Waals surface area (Å²) in [5.41, 5.74) is 0.459. The standard InChI is InChI=1S/C17H13NO5/c1-10(19)22-11-7-8-14-13(9-11)17(20)23-16(18-14)12-5-3-4-6-15(12)21-2/h3-9H,1-2H3. The average molecular weight is 311 g/mol. The van der Waals surface area contributed by atoms with Crippen molar-refractivity contribution in [2.75, 3.05) is 7.11 Å². The lowest BCUT2D eigenvalue weighted by atomic mass is 10.2. The number of aromatic nitrogens is 1. The van der Waals surface area contributed by atoms with E-state index in [2.05, 4.69) is 4.98 Å². The van der Waals surface area contributed by atoms with E-state index in [-0.39, 0.29) is 17.0 Å². The third kappa shape index (κ3) is 2.91. The lowest BCUT2D eigenvalue weighted by molar-refractivity contribution is -0.131. The van der Waals surface area contributed by atoms with Crippen molar-refractivity contribution in [2.45, 2.75) is 6.92 Å². The first-order chi connectivity index (χ1) is 11.1. The number of carbonyl (C=O) groups is 1. The number of hydrogen-bond donors (Lipinski definition) is 0. The Hall–Kier alpha value is -3.15. The Morgan fingerprint density at radius 2 is 1.96 bits per heavy atom. The third-order valence-corrected chi connectivity index (χ3v) is 3.20. The van der Waals surface area contributed by atoms with Gasteiger partial charge in [0.1, 0.15) is 11.5 Å². The molecule has 6 heteroatoms. The topological polar surface area (TPSA) is 78.6 Å². The van der Waals surface area contributed by atoms with Crippen LogP contribution in [0.15, 0.2) is 51.7 Å². The minimum Gasteiger partial charge on any atom is -0.496 e. The van der Waals surface area contributed by atoms with Crippen LogP contribution in [0.5, 0.6) is 11.5 Å². The number of nitrogens with zero attached hydrogens (tertiary/aromatic N) is 1. The number of methoxy groups -OCH3 is 1. The lowest BCUT2D eigenvalue weighted by Gasteiger charge is -2.07. The molecule has 0 unspecified atom stereocenters. The van der Waals surface area contributed by atoms with Gasteiger partial charge in [0.15, 0.2) is 0 Å². The number of rotatable bonds is 3. The molecule has 0 saturated heterocycles. The van der Waals surface area contributed by atoms with E-state index in [1.54, 1.807) is 30.3 Å². The highest BCUT2D eigenvalue weighted by Gasteiger charge is 2.13. The van der Waals surface area contributed by atoms with E-state index in [4.69, 9.17) is 13.9 Å². The summed E-state index contributed by atoms with van der Waals surface area (Å²) in [6, 6.07) is 11.7. The SMILES string of the molecule is COc1ccccc1-c1nc2ccc(OC(C)=O)cc2c(=O)o1. The van der Waals surface area contributed by atoms with Gasteiger partial charge in [0.2, 0.25) is 5.89 Å². The van der Waals surface area contributed by atoms with Gasteiger partial charge in [-0.3, -0.25) is 4.79 Å². The molecule has 116 valence electrons. The molecule has 0 saturated carbocycles. The van der Waals surface area contributed by atoms with Crippen LogP contribution in [-0.2, 0) is 4.79 Å². The van der Waals surface area contributed by atoms with Crippen molar-refractivity contribution in [3.05, 3.63) is 52.9 Å². The van der Waals surface area contributed by atoms with Crippen molar-refractivity contribution in [3.63, 3.8) is 0 Å². The predicted molar refractivity (Wildman–Crippen MR) is 83.6 cm³/mol. The van der Waals surface area contributed by atoms with Gasteiger partial charge >= 0.3 is 11.6 Å². The summed E-state index contributed by atoms with van der Waals surface area (Å²) in [6.07, 6.45) is 0. The summed E-state index contributed by atoms with van der Waals surface area (Å²) in [5, 5.41) is 0.238. The van der Waals surface area contributed by atoms with Crippen LogP contribution in [0, 0.1) is 0 Å². The fourth-order valence-electron chi connectivity index (χ4n) is 2.22. The van der Waals surface area contributed by atoms with Gasteiger partial charge in [0, 0.05) is 6.92 Å². The van der Waals surface area contributed by atoms with Gasteiger partial charge in [0.25, 0.3) is 0 Å². The number of carbonyl (C=O) groups excluding carboxylic acids is 1. The van der Waals surface area contributed by atoms with Crippen molar-refractivity contribution in [1.82, 2.24) is 4.98 Å². The molecule has 0 fully saturated rings. The molecular formula is C17H13NO5. The van der Waals surface area contributed by atoms with Crippen molar-refractivity contribution in [1.29, 1.82) is 0 Å². The minimum atomic E-state index is -0.565. The fraction of sp³-hybridized carbons (Fsp3) is 0.118. The molecular weight excluding hydrogens is 298 g/mol. The molecule has 0 spiro atoms. The maximum Gasteiger partial charge on any atom is 0.347 e. The second-order valence-corrected chi connectivity index (χ2v) is 4.78. The molecule has 23 heavy (non-hydrogen) atoms.